The summed E-state index contributed by atoms with van der Waals surface area (Å²) in [5.74, 6) is 2.09. The van der Waals surface area contributed by atoms with E-state index in [0.29, 0.717) is 18.3 Å². The molecule has 5 rings (SSSR count). The van der Waals surface area contributed by atoms with E-state index in [1.165, 1.54) is 18.4 Å². The molecule has 3 aliphatic rings. The predicted octanol–water partition coefficient (Wildman–Crippen LogP) is 3.95. The highest BCUT2D eigenvalue weighted by Gasteiger charge is 2.41. The first-order valence-corrected chi connectivity index (χ1v) is 10.7. The number of hydrogen-bond acceptors (Lipinski definition) is 4. The number of fused-ring (bicyclic) bond motifs is 1. The summed E-state index contributed by atoms with van der Waals surface area (Å²) in [6.07, 6.45) is 6.20. The predicted molar refractivity (Wildman–Crippen MR) is 122 cm³/mol. The highest BCUT2D eigenvalue weighted by molar-refractivity contribution is 6.30. The van der Waals surface area contributed by atoms with Gasteiger partial charge in [0.05, 0.1) is 0 Å². The average molecular weight is 473 g/mol. The molecule has 0 bridgehead atoms. The molecule has 2 fully saturated rings. The zero-order valence-electron chi connectivity index (χ0n) is 16.8. The maximum atomic E-state index is 13.1. The standard InChI is InChI=1S/C21H26ClN5O.2ClH/c22-16-3-1-2-15(12-16)21(13-23)8-6-17(7-9-21)26-10-11-27-18(14-4-5-14)24-25-19(27)20(26)28;;/h1-3,12,14,17H,4-11,13,23H2;2*1H/t17-,21+;;. The van der Waals surface area contributed by atoms with Gasteiger partial charge in [0.2, 0.25) is 5.82 Å². The molecule has 2 N–H and O–H groups in total. The van der Waals surface area contributed by atoms with Gasteiger partial charge in [0.15, 0.2) is 0 Å². The minimum absolute atomic E-state index is 0. The van der Waals surface area contributed by atoms with Crippen molar-refractivity contribution >= 4 is 42.3 Å². The van der Waals surface area contributed by atoms with E-state index in [1.54, 1.807) is 0 Å². The van der Waals surface area contributed by atoms with Crippen LogP contribution in [0.25, 0.3) is 0 Å². The Morgan fingerprint density at radius 1 is 1.10 bits per heavy atom. The van der Waals surface area contributed by atoms with Gasteiger partial charge in [-0.1, -0.05) is 23.7 Å². The Hall–Kier alpha value is -1.34. The number of nitrogens with zero attached hydrogens (tertiary/aromatic N) is 4. The molecular formula is C21H28Cl3N5O. The molecule has 164 valence electrons. The van der Waals surface area contributed by atoms with Gasteiger partial charge < -0.3 is 15.2 Å². The Bertz CT molecular complexity index is 906. The summed E-state index contributed by atoms with van der Waals surface area (Å²) in [5.41, 5.74) is 7.41. The number of halogens is 3. The van der Waals surface area contributed by atoms with Crippen molar-refractivity contribution in [3.8, 4) is 0 Å². The number of carbonyl (C=O) groups is 1. The van der Waals surface area contributed by atoms with Crippen molar-refractivity contribution in [1.29, 1.82) is 0 Å². The van der Waals surface area contributed by atoms with Crippen molar-refractivity contribution in [2.75, 3.05) is 13.1 Å². The van der Waals surface area contributed by atoms with E-state index < -0.39 is 0 Å². The van der Waals surface area contributed by atoms with Gasteiger partial charge in [-0.15, -0.1) is 35.0 Å². The van der Waals surface area contributed by atoms with E-state index in [4.69, 9.17) is 17.3 Å². The third-order valence-corrected chi connectivity index (χ3v) is 7.15. The van der Waals surface area contributed by atoms with Crippen molar-refractivity contribution in [3.05, 3.63) is 46.5 Å². The van der Waals surface area contributed by atoms with E-state index in [1.807, 2.05) is 23.1 Å². The molecule has 9 heteroatoms. The third-order valence-electron chi connectivity index (χ3n) is 6.92. The summed E-state index contributed by atoms with van der Waals surface area (Å²) in [6.45, 7) is 2.17. The van der Waals surface area contributed by atoms with Gasteiger partial charge in [0, 0.05) is 42.0 Å². The first kappa shape index (κ1) is 23.3. The minimum Gasteiger partial charge on any atom is -0.331 e. The van der Waals surface area contributed by atoms with Crippen LogP contribution >= 0.6 is 36.4 Å². The number of benzene rings is 1. The topological polar surface area (TPSA) is 77.0 Å². The Morgan fingerprint density at radius 2 is 1.83 bits per heavy atom. The zero-order valence-corrected chi connectivity index (χ0v) is 19.2. The number of carbonyl (C=O) groups excluding carboxylic acids is 1. The molecule has 1 amide bonds. The largest absolute Gasteiger partial charge is 0.331 e. The van der Waals surface area contributed by atoms with Crippen LogP contribution in [0.3, 0.4) is 0 Å². The Labute approximate surface area is 194 Å². The first-order valence-electron chi connectivity index (χ1n) is 10.3. The maximum Gasteiger partial charge on any atom is 0.292 e. The molecular weight excluding hydrogens is 445 g/mol. The molecule has 2 saturated carbocycles. The first-order chi connectivity index (χ1) is 13.6. The molecule has 0 spiro atoms. The second kappa shape index (κ2) is 9.03. The highest BCUT2D eigenvalue weighted by Crippen LogP contribution is 2.42. The van der Waals surface area contributed by atoms with Crippen LogP contribution in [0.4, 0.5) is 0 Å². The van der Waals surface area contributed by atoms with Crippen LogP contribution in [0, 0.1) is 0 Å². The van der Waals surface area contributed by atoms with E-state index >= 15 is 0 Å². The quantitative estimate of drug-likeness (QED) is 0.731. The fourth-order valence-electron chi connectivity index (χ4n) is 5.02. The summed E-state index contributed by atoms with van der Waals surface area (Å²) < 4.78 is 2.05. The monoisotopic (exact) mass is 471 g/mol. The number of hydrogen-bond donors (Lipinski definition) is 1. The van der Waals surface area contributed by atoms with Crippen molar-refractivity contribution in [2.45, 2.75) is 62.4 Å². The second-order valence-corrected chi connectivity index (χ2v) is 8.97. The summed E-state index contributed by atoms with van der Waals surface area (Å²) in [6, 6.07) is 8.33. The number of amides is 1. The third kappa shape index (κ3) is 3.95. The molecule has 0 radical (unpaired) electrons. The second-order valence-electron chi connectivity index (χ2n) is 8.53. The Morgan fingerprint density at radius 3 is 2.47 bits per heavy atom. The van der Waals surface area contributed by atoms with Gasteiger partial charge in [-0.3, -0.25) is 4.79 Å². The van der Waals surface area contributed by atoms with Crippen molar-refractivity contribution in [3.63, 3.8) is 0 Å². The van der Waals surface area contributed by atoms with Gasteiger partial charge in [-0.25, -0.2) is 0 Å². The lowest BCUT2D eigenvalue weighted by molar-refractivity contribution is 0.0521. The van der Waals surface area contributed by atoms with Crippen LogP contribution in [-0.2, 0) is 12.0 Å². The molecule has 0 unspecified atom stereocenters. The van der Waals surface area contributed by atoms with E-state index in [2.05, 4.69) is 20.8 Å². The molecule has 6 nitrogen and oxygen atoms in total. The molecule has 2 heterocycles. The fourth-order valence-corrected chi connectivity index (χ4v) is 5.21. The summed E-state index contributed by atoms with van der Waals surface area (Å²) >= 11 is 6.22. The van der Waals surface area contributed by atoms with Crippen molar-refractivity contribution < 1.29 is 4.79 Å². The van der Waals surface area contributed by atoms with E-state index in [0.717, 1.165) is 49.6 Å². The summed E-state index contributed by atoms with van der Waals surface area (Å²) in [5, 5.41) is 9.30. The molecule has 1 aromatic heterocycles. The molecule has 2 aromatic rings. The Kier molecular flexibility index (Phi) is 7.02. The van der Waals surface area contributed by atoms with Gasteiger partial charge in [-0.2, -0.15) is 0 Å². The zero-order chi connectivity index (χ0) is 19.3. The lowest BCUT2D eigenvalue weighted by Gasteiger charge is -2.44. The summed E-state index contributed by atoms with van der Waals surface area (Å²) in [4.78, 5) is 15.1. The van der Waals surface area contributed by atoms with Crippen molar-refractivity contribution in [2.24, 2.45) is 5.73 Å². The molecule has 0 atom stereocenters. The van der Waals surface area contributed by atoms with Crippen LogP contribution in [0.1, 0.15) is 66.4 Å². The number of aromatic nitrogens is 3. The summed E-state index contributed by atoms with van der Waals surface area (Å²) in [7, 11) is 0. The maximum absolute atomic E-state index is 13.1. The SMILES string of the molecule is Cl.Cl.NC[C@]1(c2cccc(Cl)c2)CC[C@@H](N2CCn3c(nnc3C3CC3)C2=O)CC1. The normalized spacial score (nSPS) is 25.9. The van der Waals surface area contributed by atoms with Gasteiger partial charge in [-0.05, 0) is 56.2 Å². The Balaban J connectivity index is 0.00000128. The van der Waals surface area contributed by atoms with Crippen LogP contribution in [0.15, 0.2) is 24.3 Å². The molecule has 1 aromatic carbocycles. The van der Waals surface area contributed by atoms with Crippen LogP contribution in [0.2, 0.25) is 5.02 Å². The fraction of sp³-hybridized carbons (Fsp3) is 0.571. The van der Waals surface area contributed by atoms with Gasteiger partial charge in [0.25, 0.3) is 5.91 Å². The van der Waals surface area contributed by atoms with E-state index in [9.17, 15) is 4.79 Å². The lowest BCUT2D eigenvalue weighted by Crippen LogP contribution is -2.51. The number of rotatable bonds is 4. The van der Waals surface area contributed by atoms with E-state index in [-0.39, 0.29) is 42.2 Å². The van der Waals surface area contributed by atoms with Crippen molar-refractivity contribution in [1.82, 2.24) is 19.7 Å². The molecule has 2 aliphatic carbocycles. The molecule has 30 heavy (non-hydrogen) atoms. The van der Waals surface area contributed by atoms with Crippen LogP contribution in [0.5, 0.6) is 0 Å². The molecule has 1 aliphatic heterocycles. The minimum atomic E-state index is -0.0423. The van der Waals surface area contributed by atoms with Gasteiger partial charge in [0.1, 0.15) is 5.82 Å². The lowest BCUT2D eigenvalue weighted by atomic mass is 9.68. The molecule has 0 saturated heterocycles. The van der Waals surface area contributed by atoms with Crippen LogP contribution in [-0.4, -0.2) is 44.7 Å². The highest BCUT2D eigenvalue weighted by atomic mass is 35.5. The average Bonchev–Trinajstić information content (AvgIpc) is 3.47. The smallest absolute Gasteiger partial charge is 0.292 e. The van der Waals surface area contributed by atoms with Crippen LogP contribution < -0.4 is 5.73 Å². The van der Waals surface area contributed by atoms with Gasteiger partial charge >= 0.3 is 0 Å². The number of nitrogens with two attached hydrogens (primary N) is 1.